The number of likely N-dealkylation sites (N-methyl/N-ethyl adjacent to an activating group) is 1. The van der Waals surface area contributed by atoms with E-state index in [0.717, 1.165) is 11.8 Å². The van der Waals surface area contributed by atoms with Crippen LogP contribution in [0.25, 0.3) is 10.9 Å². The van der Waals surface area contributed by atoms with Crippen LogP contribution in [0.1, 0.15) is 35.0 Å². The van der Waals surface area contributed by atoms with Crippen molar-refractivity contribution in [2.45, 2.75) is 18.9 Å². The van der Waals surface area contributed by atoms with Crippen molar-refractivity contribution in [3.05, 3.63) is 41.6 Å². The Morgan fingerprint density at radius 2 is 2.09 bits per heavy atom. The van der Waals surface area contributed by atoms with Gasteiger partial charge in [-0.05, 0) is 18.6 Å². The molecule has 3 amide bonds. The molecule has 1 aromatic heterocycles. The normalized spacial score (nSPS) is 18.9. The summed E-state index contributed by atoms with van der Waals surface area (Å²) in [5.41, 5.74) is 1.73. The number of pyridine rings is 1. The summed E-state index contributed by atoms with van der Waals surface area (Å²) >= 11 is 0. The lowest BCUT2D eigenvalue weighted by atomic mass is 10.0. The number of carbonyl (C=O) groups excluding carboxylic acids is 3. The van der Waals surface area contributed by atoms with Gasteiger partial charge in [-0.2, -0.15) is 0 Å². The van der Waals surface area contributed by atoms with E-state index in [1.54, 1.807) is 22.9 Å². The van der Waals surface area contributed by atoms with E-state index in [1.165, 1.54) is 4.90 Å². The van der Waals surface area contributed by atoms with E-state index in [9.17, 15) is 19.5 Å². The minimum atomic E-state index is -0.471. The van der Waals surface area contributed by atoms with Crippen LogP contribution in [0.5, 0.6) is 0 Å². The molecule has 0 spiro atoms. The molecule has 32 heavy (non-hydrogen) atoms. The van der Waals surface area contributed by atoms with Gasteiger partial charge in [-0.15, -0.1) is 0 Å². The van der Waals surface area contributed by atoms with Gasteiger partial charge >= 0.3 is 0 Å². The topological polar surface area (TPSA) is 103 Å². The predicted molar refractivity (Wildman–Crippen MR) is 117 cm³/mol. The molecular formula is C23H28N4O5. The molecule has 1 unspecified atom stereocenters. The molecule has 2 fully saturated rings. The van der Waals surface area contributed by atoms with Gasteiger partial charge in [0.2, 0.25) is 11.8 Å². The van der Waals surface area contributed by atoms with Crippen molar-refractivity contribution < 1.29 is 24.2 Å². The Labute approximate surface area is 186 Å². The second kappa shape index (κ2) is 9.62. The van der Waals surface area contributed by atoms with E-state index in [1.807, 2.05) is 24.3 Å². The average Bonchev–Trinajstić information content (AvgIpc) is 3.22. The molecule has 170 valence electrons. The Morgan fingerprint density at radius 3 is 2.84 bits per heavy atom. The number of benzene rings is 1. The highest BCUT2D eigenvalue weighted by atomic mass is 16.5. The van der Waals surface area contributed by atoms with Crippen LogP contribution in [-0.2, 0) is 14.3 Å². The highest BCUT2D eigenvalue weighted by Crippen LogP contribution is 2.27. The maximum absolute atomic E-state index is 13.0. The summed E-state index contributed by atoms with van der Waals surface area (Å²) in [6.07, 6.45) is 0.823. The zero-order valence-electron chi connectivity index (χ0n) is 18.2. The first-order valence-electron chi connectivity index (χ1n) is 10.9. The van der Waals surface area contributed by atoms with Crippen molar-refractivity contribution in [1.29, 1.82) is 0 Å². The second-order valence-electron chi connectivity index (χ2n) is 8.18. The summed E-state index contributed by atoms with van der Waals surface area (Å²) in [6.45, 7) is 1.93. The Kier molecular flexibility index (Phi) is 6.66. The molecular weight excluding hydrogens is 412 g/mol. The zero-order valence-corrected chi connectivity index (χ0v) is 18.2. The molecule has 0 saturated carbocycles. The number of aliphatic hydroxyl groups excluding tert-OH is 1. The Bertz CT molecular complexity index is 1030. The third-order valence-electron chi connectivity index (χ3n) is 6.00. The highest BCUT2D eigenvalue weighted by molar-refractivity contribution is 6.06. The van der Waals surface area contributed by atoms with E-state index >= 15 is 0 Å². The zero-order chi connectivity index (χ0) is 22.7. The molecule has 2 aromatic rings. The van der Waals surface area contributed by atoms with E-state index in [0.29, 0.717) is 49.4 Å². The molecule has 1 aromatic carbocycles. The lowest BCUT2D eigenvalue weighted by molar-refractivity contribution is -0.143. The van der Waals surface area contributed by atoms with E-state index in [4.69, 9.17) is 9.72 Å². The first kappa shape index (κ1) is 22.2. The van der Waals surface area contributed by atoms with Crippen LogP contribution in [0.2, 0.25) is 0 Å². The Hall–Kier alpha value is -3.04. The minimum absolute atomic E-state index is 0.0227. The predicted octanol–water partition coefficient (Wildman–Crippen LogP) is 0.821. The van der Waals surface area contributed by atoms with Crippen molar-refractivity contribution in [1.82, 2.24) is 19.7 Å². The average molecular weight is 441 g/mol. The number of nitrogens with zero attached hydrogens (tertiary/aromatic N) is 4. The molecule has 1 atom stereocenters. The fourth-order valence-corrected chi connectivity index (χ4v) is 4.18. The quantitative estimate of drug-likeness (QED) is 0.714. The molecule has 1 N–H and O–H groups in total. The van der Waals surface area contributed by atoms with E-state index in [2.05, 4.69) is 0 Å². The molecule has 0 bridgehead atoms. The SMILES string of the molecule is CN(CCO)C(=O)c1cc(C2CN(C(=O)CN3CCCC3=O)CCO2)nc2ccccc12. The van der Waals surface area contributed by atoms with Crippen LogP contribution in [0.4, 0.5) is 0 Å². The molecule has 2 aliphatic heterocycles. The molecule has 2 aliphatic rings. The van der Waals surface area contributed by atoms with Gasteiger partial charge in [-0.3, -0.25) is 14.4 Å². The maximum atomic E-state index is 13.0. The summed E-state index contributed by atoms with van der Waals surface area (Å²) in [7, 11) is 1.64. The monoisotopic (exact) mass is 440 g/mol. The Balaban J connectivity index is 1.57. The summed E-state index contributed by atoms with van der Waals surface area (Å²) < 4.78 is 5.93. The maximum Gasteiger partial charge on any atom is 0.254 e. The Morgan fingerprint density at radius 1 is 1.28 bits per heavy atom. The van der Waals surface area contributed by atoms with E-state index < -0.39 is 6.10 Å². The molecule has 9 heteroatoms. The van der Waals surface area contributed by atoms with Gasteiger partial charge in [0.25, 0.3) is 5.91 Å². The van der Waals surface area contributed by atoms with Crippen LogP contribution < -0.4 is 0 Å². The fraction of sp³-hybridized carbons (Fsp3) is 0.478. The van der Waals surface area contributed by atoms with Gasteiger partial charge in [0.1, 0.15) is 6.10 Å². The molecule has 3 heterocycles. The van der Waals surface area contributed by atoms with E-state index in [-0.39, 0.29) is 37.4 Å². The lowest BCUT2D eigenvalue weighted by Crippen LogP contribution is -2.47. The summed E-state index contributed by atoms with van der Waals surface area (Å²) in [5, 5.41) is 9.94. The first-order chi connectivity index (χ1) is 15.5. The van der Waals surface area contributed by atoms with Gasteiger partial charge in [0.15, 0.2) is 0 Å². The fourth-order valence-electron chi connectivity index (χ4n) is 4.18. The van der Waals surface area contributed by atoms with Gasteiger partial charge < -0.3 is 24.5 Å². The third-order valence-corrected chi connectivity index (χ3v) is 6.00. The number of fused-ring (bicyclic) bond motifs is 1. The van der Waals surface area contributed by atoms with Gasteiger partial charge in [0, 0.05) is 38.5 Å². The number of para-hydroxylation sites is 1. The summed E-state index contributed by atoms with van der Waals surface area (Å²) in [6, 6.07) is 9.11. The number of carbonyl (C=O) groups is 3. The van der Waals surface area contributed by atoms with Crippen molar-refractivity contribution >= 4 is 28.6 Å². The number of aromatic nitrogens is 1. The van der Waals surface area contributed by atoms with Gasteiger partial charge in [-0.1, -0.05) is 18.2 Å². The minimum Gasteiger partial charge on any atom is -0.395 e. The van der Waals surface area contributed by atoms with Crippen LogP contribution >= 0.6 is 0 Å². The molecule has 0 aliphatic carbocycles. The molecule has 9 nitrogen and oxygen atoms in total. The first-order valence-corrected chi connectivity index (χ1v) is 10.9. The highest BCUT2D eigenvalue weighted by Gasteiger charge is 2.30. The molecule has 0 radical (unpaired) electrons. The van der Waals surface area contributed by atoms with Crippen molar-refractivity contribution in [3.8, 4) is 0 Å². The number of hydrogen-bond donors (Lipinski definition) is 1. The lowest BCUT2D eigenvalue weighted by Gasteiger charge is -2.34. The van der Waals surface area contributed by atoms with Crippen molar-refractivity contribution in [2.24, 2.45) is 0 Å². The second-order valence-corrected chi connectivity index (χ2v) is 8.18. The summed E-state index contributed by atoms with van der Waals surface area (Å²) in [5.74, 6) is -0.294. The number of aliphatic hydroxyl groups is 1. The van der Waals surface area contributed by atoms with Crippen molar-refractivity contribution in [2.75, 3.05) is 53.0 Å². The third kappa shape index (κ3) is 4.58. The van der Waals surface area contributed by atoms with Gasteiger partial charge in [0.05, 0.1) is 43.1 Å². The summed E-state index contributed by atoms with van der Waals surface area (Å²) in [4.78, 5) is 47.2. The van der Waals surface area contributed by atoms with Crippen LogP contribution in [0, 0.1) is 0 Å². The molecule has 2 saturated heterocycles. The standard InChI is InChI=1S/C23H28N4O5/c1-25(9-11-28)23(31)17-13-19(24-18-6-3-2-5-16(17)18)20-14-27(10-12-32-20)22(30)15-26-8-4-7-21(26)29/h2-3,5-6,13,20,28H,4,7-12,14-15H2,1H3. The van der Waals surface area contributed by atoms with Crippen LogP contribution in [0.15, 0.2) is 30.3 Å². The number of likely N-dealkylation sites (tertiary alicyclic amines) is 1. The number of hydrogen-bond acceptors (Lipinski definition) is 6. The number of amides is 3. The van der Waals surface area contributed by atoms with Gasteiger partial charge in [-0.25, -0.2) is 4.98 Å². The number of rotatable bonds is 6. The number of morpholine rings is 1. The smallest absolute Gasteiger partial charge is 0.254 e. The number of ether oxygens (including phenoxy) is 1. The largest absolute Gasteiger partial charge is 0.395 e. The van der Waals surface area contributed by atoms with Crippen LogP contribution in [-0.4, -0.2) is 95.5 Å². The van der Waals surface area contributed by atoms with Crippen LogP contribution in [0.3, 0.4) is 0 Å². The van der Waals surface area contributed by atoms with Crippen molar-refractivity contribution in [3.63, 3.8) is 0 Å². The molecule has 4 rings (SSSR count).